The van der Waals surface area contributed by atoms with E-state index in [1.165, 1.54) is 4.85 Å². The van der Waals surface area contributed by atoms with E-state index in [0.29, 0.717) is 25.3 Å². The van der Waals surface area contributed by atoms with E-state index in [1.54, 1.807) is 11.1 Å². The predicted molar refractivity (Wildman–Crippen MR) is 116 cm³/mol. The van der Waals surface area contributed by atoms with Crippen LogP contribution in [0.25, 0.3) is 10.9 Å². The van der Waals surface area contributed by atoms with Crippen LogP contribution in [0.3, 0.4) is 0 Å². The van der Waals surface area contributed by atoms with Crippen molar-refractivity contribution >= 4 is 22.5 Å². The summed E-state index contributed by atoms with van der Waals surface area (Å²) in [6, 6.07) is 15.7. The minimum absolute atomic E-state index is 0.0143. The van der Waals surface area contributed by atoms with Gasteiger partial charge in [-0.1, -0.05) is 53.7 Å². The number of benzene rings is 2. The molecule has 1 N–H and O–H groups in total. The summed E-state index contributed by atoms with van der Waals surface area (Å²) in [6.07, 6.45) is 4.80. The highest BCUT2D eigenvalue weighted by atomic mass is 16.7. The van der Waals surface area contributed by atoms with E-state index in [9.17, 15) is 4.79 Å². The molecule has 160 valence electrons. The van der Waals surface area contributed by atoms with Gasteiger partial charge in [0, 0.05) is 17.5 Å². The van der Waals surface area contributed by atoms with Gasteiger partial charge < -0.3 is 9.74 Å². The molecule has 0 unspecified atom stereocenters. The Morgan fingerprint density at radius 2 is 2.06 bits per heavy atom. The number of unbranched alkanes of at least 4 members (excludes halogenated alkanes) is 1. The van der Waals surface area contributed by atoms with Crippen LogP contribution < -0.4 is 9.74 Å². The number of nitrogens with zero attached hydrogens (tertiary/aromatic N) is 6. The van der Waals surface area contributed by atoms with Crippen molar-refractivity contribution in [2.24, 2.45) is 0 Å². The van der Waals surface area contributed by atoms with Gasteiger partial charge in [0.05, 0.1) is 12.7 Å². The maximum atomic E-state index is 13.2. The summed E-state index contributed by atoms with van der Waals surface area (Å²) < 4.78 is 0. The number of anilines is 1. The number of tetrazole rings is 1. The number of nitrogens with one attached hydrogen (secondary N) is 1. The molecule has 9 heteroatoms. The van der Waals surface area contributed by atoms with Gasteiger partial charge in [-0.2, -0.15) is 5.21 Å². The van der Waals surface area contributed by atoms with Gasteiger partial charge in [-0.3, -0.25) is 4.79 Å². The first-order chi connectivity index (χ1) is 15.2. The van der Waals surface area contributed by atoms with Crippen LogP contribution in [0.5, 0.6) is 0 Å². The van der Waals surface area contributed by atoms with Gasteiger partial charge in [-0.25, -0.2) is 0 Å². The fourth-order valence-corrected chi connectivity index (χ4v) is 3.31. The maximum Gasteiger partial charge on any atom is 0.227 e. The summed E-state index contributed by atoms with van der Waals surface area (Å²) in [5.41, 5.74) is 2.73. The zero-order chi connectivity index (χ0) is 21.5. The minimum Gasteiger partial charge on any atom is -0.396 e. The summed E-state index contributed by atoms with van der Waals surface area (Å²) in [5, 5.41) is 19.3. The lowest BCUT2D eigenvalue weighted by atomic mass is 10.1. The molecule has 4 rings (SSSR count). The Balaban J connectivity index is 1.55. The molecular formula is C22H25N7O2. The largest absolute Gasteiger partial charge is 0.396 e. The van der Waals surface area contributed by atoms with E-state index >= 15 is 0 Å². The van der Waals surface area contributed by atoms with Crippen LogP contribution in [0.4, 0.5) is 5.69 Å². The number of carbonyl (C=O) groups is 1. The molecule has 0 aliphatic rings. The lowest BCUT2D eigenvalue weighted by Gasteiger charge is -2.21. The summed E-state index contributed by atoms with van der Waals surface area (Å²) in [5.74, 6) is 0.436. The van der Waals surface area contributed by atoms with Crippen molar-refractivity contribution in [2.45, 2.75) is 39.2 Å². The zero-order valence-corrected chi connectivity index (χ0v) is 17.4. The number of fused-ring (bicyclic) bond motifs is 1. The van der Waals surface area contributed by atoms with Gasteiger partial charge in [0.15, 0.2) is 5.82 Å². The number of amides is 1. The second-order valence-corrected chi connectivity index (χ2v) is 7.24. The third-order valence-corrected chi connectivity index (χ3v) is 5.00. The van der Waals surface area contributed by atoms with Crippen molar-refractivity contribution in [1.82, 2.24) is 30.6 Å². The first kappa shape index (κ1) is 20.5. The van der Waals surface area contributed by atoms with Crippen molar-refractivity contribution in [3.8, 4) is 0 Å². The first-order valence-corrected chi connectivity index (χ1v) is 10.4. The van der Waals surface area contributed by atoms with E-state index < -0.39 is 0 Å². The van der Waals surface area contributed by atoms with Gasteiger partial charge in [0.1, 0.15) is 12.1 Å². The van der Waals surface area contributed by atoms with Crippen molar-refractivity contribution in [3.63, 3.8) is 0 Å². The SMILES string of the molecule is CCCCOn1ncc2cc(N(Cc3nn[nH]n3)C(=O)CCc3ccccc3)ccc21. The molecule has 2 heterocycles. The number of carbonyl (C=O) groups excluding carboxylic acids is 1. The van der Waals surface area contributed by atoms with Crippen LogP contribution in [0, 0.1) is 0 Å². The highest BCUT2D eigenvalue weighted by Gasteiger charge is 2.19. The number of rotatable bonds is 10. The molecule has 0 aliphatic heterocycles. The topological polar surface area (TPSA) is 102 Å². The molecule has 0 bridgehead atoms. The van der Waals surface area contributed by atoms with E-state index in [-0.39, 0.29) is 12.5 Å². The highest BCUT2D eigenvalue weighted by Crippen LogP contribution is 2.24. The molecule has 0 atom stereocenters. The second kappa shape index (κ2) is 9.84. The van der Waals surface area contributed by atoms with Gasteiger partial charge in [0.2, 0.25) is 5.91 Å². The molecule has 0 saturated carbocycles. The average Bonchev–Trinajstić information content (AvgIpc) is 3.46. The summed E-state index contributed by atoms with van der Waals surface area (Å²) in [6.45, 7) is 2.96. The molecule has 0 saturated heterocycles. The Kier molecular flexibility index (Phi) is 6.51. The molecular weight excluding hydrogens is 394 g/mol. The van der Waals surface area contributed by atoms with Crippen LogP contribution in [-0.2, 0) is 17.8 Å². The van der Waals surface area contributed by atoms with Crippen LogP contribution in [0.1, 0.15) is 37.6 Å². The summed E-state index contributed by atoms with van der Waals surface area (Å²) in [7, 11) is 0. The quantitative estimate of drug-likeness (QED) is 0.397. The monoisotopic (exact) mass is 419 g/mol. The second-order valence-electron chi connectivity index (χ2n) is 7.24. The fraction of sp³-hybridized carbons (Fsp3) is 0.318. The van der Waals surface area contributed by atoms with Gasteiger partial charge in [-0.15, -0.1) is 15.3 Å². The van der Waals surface area contributed by atoms with Crippen molar-refractivity contribution in [1.29, 1.82) is 0 Å². The van der Waals surface area contributed by atoms with Gasteiger partial charge in [-0.05, 0) is 36.6 Å². The third kappa shape index (κ3) is 5.06. The number of hydrogen-bond donors (Lipinski definition) is 1. The van der Waals surface area contributed by atoms with Gasteiger partial charge >= 0.3 is 0 Å². The molecule has 2 aromatic carbocycles. The molecule has 2 aromatic heterocycles. The Bertz CT molecular complexity index is 1110. The van der Waals surface area contributed by atoms with Crippen molar-refractivity contribution < 1.29 is 9.63 Å². The fourth-order valence-electron chi connectivity index (χ4n) is 3.31. The molecule has 0 aliphatic carbocycles. The van der Waals surface area contributed by atoms with Crippen LogP contribution in [0.15, 0.2) is 54.7 Å². The Labute approximate surface area is 180 Å². The Hall–Kier alpha value is -3.75. The molecule has 9 nitrogen and oxygen atoms in total. The molecule has 1 amide bonds. The zero-order valence-electron chi connectivity index (χ0n) is 17.4. The van der Waals surface area contributed by atoms with Gasteiger partial charge in [0.25, 0.3) is 0 Å². The molecule has 31 heavy (non-hydrogen) atoms. The van der Waals surface area contributed by atoms with Crippen LogP contribution in [0.2, 0.25) is 0 Å². The summed E-state index contributed by atoms with van der Waals surface area (Å²) >= 11 is 0. The van der Waals surface area contributed by atoms with Crippen molar-refractivity contribution in [2.75, 3.05) is 11.5 Å². The molecule has 4 aromatic rings. The lowest BCUT2D eigenvalue weighted by Crippen LogP contribution is -2.31. The number of H-pyrrole nitrogens is 1. The molecule has 0 spiro atoms. The van der Waals surface area contributed by atoms with Crippen LogP contribution >= 0.6 is 0 Å². The molecule has 0 radical (unpaired) electrons. The minimum atomic E-state index is -0.0143. The Morgan fingerprint density at radius 3 is 2.84 bits per heavy atom. The highest BCUT2D eigenvalue weighted by molar-refractivity contribution is 5.95. The normalized spacial score (nSPS) is 11.0. The first-order valence-electron chi connectivity index (χ1n) is 10.4. The number of aryl methyl sites for hydroxylation is 1. The van der Waals surface area contributed by atoms with Crippen LogP contribution in [-0.4, -0.2) is 43.1 Å². The third-order valence-electron chi connectivity index (χ3n) is 5.00. The number of hydrogen-bond acceptors (Lipinski definition) is 6. The lowest BCUT2D eigenvalue weighted by molar-refractivity contribution is -0.118. The van der Waals surface area contributed by atoms with E-state index in [1.807, 2.05) is 48.5 Å². The number of aromatic nitrogens is 6. The van der Waals surface area contributed by atoms with E-state index in [4.69, 9.17) is 4.84 Å². The Morgan fingerprint density at radius 1 is 1.19 bits per heavy atom. The standard InChI is InChI=1S/C22H25N7O2/c1-2-3-13-31-29-20-11-10-19(14-18(20)15-23-29)28(16-21-24-26-27-25-21)22(30)12-9-17-7-5-4-6-8-17/h4-8,10-11,14-15H,2-3,9,12-13,16H2,1H3,(H,24,25,26,27). The average molecular weight is 419 g/mol. The summed E-state index contributed by atoms with van der Waals surface area (Å²) in [4.78, 5) is 22.1. The maximum absolute atomic E-state index is 13.2. The number of aromatic amines is 1. The van der Waals surface area contributed by atoms with Crippen molar-refractivity contribution in [3.05, 3.63) is 66.1 Å². The smallest absolute Gasteiger partial charge is 0.227 e. The van der Waals surface area contributed by atoms with E-state index in [2.05, 4.69) is 32.6 Å². The molecule has 0 fully saturated rings. The van der Waals surface area contributed by atoms with E-state index in [0.717, 1.165) is 35.0 Å². The predicted octanol–water partition coefficient (Wildman–Crippen LogP) is 2.94.